The predicted molar refractivity (Wildman–Crippen MR) is 72.9 cm³/mol. The van der Waals surface area contributed by atoms with Gasteiger partial charge in [-0.25, -0.2) is 0 Å². The minimum atomic E-state index is -0.253. The number of allylic oxidation sites excluding steroid dienone is 1. The van der Waals surface area contributed by atoms with Gasteiger partial charge in [-0.15, -0.1) is 0 Å². The summed E-state index contributed by atoms with van der Waals surface area (Å²) in [7, 11) is 1.57. The first-order valence-corrected chi connectivity index (χ1v) is 5.98. The normalized spacial score (nSPS) is 12.4. The molecule has 0 aliphatic rings. The van der Waals surface area contributed by atoms with Crippen molar-refractivity contribution in [3.05, 3.63) is 23.9 Å². The van der Waals surface area contributed by atoms with Crippen LogP contribution in [0.4, 0.5) is 0 Å². The van der Waals surface area contributed by atoms with Crippen molar-refractivity contribution in [3.63, 3.8) is 0 Å². The lowest BCUT2D eigenvalue weighted by Crippen LogP contribution is -2.36. The van der Waals surface area contributed by atoms with Gasteiger partial charge in [0.2, 0.25) is 6.41 Å². The third-order valence-electron chi connectivity index (χ3n) is 1.71. The van der Waals surface area contributed by atoms with Gasteiger partial charge in [-0.1, -0.05) is 26.0 Å². The number of carbonyl (C=O) groups is 2. The van der Waals surface area contributed by atoms with Crippen LogP contribution in [-0.2, 0) is 14.3 Å². The summed E-state index contributed by atoms with van der Waals surface area (Å²) < 4.78 is 4.90. The molecular formula is C13H24N2O3. The number of hydrogen-bond donors (Lipinski definition) is 2. The first-order chi connectivity index (χ1) is 8.65. The molecule has 0 saturated carbocycles. The Morgan fingerprint density at radius 2 is 2.00 bits per heavy atom. The van der Waals surface area contributed by atoms with E-state index in [4.69, 9.17) is 4.74 Å². The largest absolute Gasteiger partial charge is 0.383 e. The average molecular weight is 256 g/mol. The van der Waals surface area contributed by atoms with Crippen LogP contribution in [0.3, 0.4) is 0 Å². The van der Waals surface area contributed by atoms with Crippen molar-refractivity contribution in [1.82, 2.24) is 10.6 Å². The Kier molecular flexibility index (Phi) is 14.0. The molecule has 5 nitrogen and oxygen atoms in total. The quantitative estimate of drug-likeness (QED) is 0.411. The van der Waals surface area contributed by atoms with Gasteiger partial charge in [0.15, 0.2) is 0 Å². The van der Waals surface area contributed by atoms with Gasteiger partial charge in [0.05, 0.1) is 12.2 Å². The summed E-state index contributed by atoms with van der Waals surface area (Å²) >= 11 is 0. The van der Waals surface area contributed by atoms with Gasteiger partial charge < -0.3 is 15.4 Å². The molecule has 2 amide bonds. The van der Waals surface area contributed by atoms with Crippen molar-refractivity contribution < 1.29 is 14.3 Å². The molecule has 0 spiro atoms. The minimum Gasteiger partial charge on any atom is -0.383 e. The molecule has 1 atom stereocenters. The molecule has 104 valence electrons. The number of rotatable bonds is 7. The van der Waals surface area contributed by atoms with Crippen LogP contribution in [0.5, 0.6) is 0 Å². The third-order valence-corrected chi connectivity index (χ3v) is 1.71. The van der Waals surface area contributed by atoms with E-state index in [9.17, 15) is 9.59 Å². The molecule has 0 rings (SSSR count). The van der Waals surface area contributed by atoms with E-state index in [0.717, 1.165) is 0 Å². The summed E-state index contributed by atoms with van der Waals surface area (Å²) in [5, 5.41) is 5.07. The summed E-state index contributed by atoms with van der Waals surface area (Å²) in [5.74, 6) is -0.253. The maximum absolute atomic E-state index is 11.7. The topological polar surface area (TPSA) is 67.4 Å². The lowest BCUT2D eigenvalue weighted by molar-refractivity contribution is -0.118. The Hall–Kier alpha value is -1.62. The Labute approximate surface area is 109 Å². The summed E-state index contributed by atoms with van der Waals surface area (Å²) in [5.41, 5.74) is 0.387. The number of ether oxygens (including phenoxy) is 1. The van der Waals surface area contributed by atoms with Crippen LogP contribution in [-0.4, -0.2) is 32.1 Å². The van der Waals surface area contributed by atoms with E-state index in [1.165, 1.54) is 6.20 Å². The lowest BCUT2D eigenvalue weighted by atomic mass is 10.2. The van der Waals surface area contributed by atoms with Gasteiger partial charge in [-0.05, 0) is 13.8 Å². The van der Waals surface area contributed by atoms with Gasteiger partial charge in [-0.3, -0.25) is 9.59 Å². The highest BCUT2D eigenvalue weighted by atomic mass is 16.5. The van der Waals surface area contributed by atoms with E-state index in [0.29, 0.717) is 18.6 Å². The Morgan fingerprint density at radius 3 is 2.44 bits per heavy atom. The molecule has 0 fully saturated rings. The van der Waals surface area contributed by atoms with Gasteiger partial charge in [0, 0.05) is 19.4 Å². The molecule has 0 aromatic carbocycles. The molecule has 18 heavy (non-hydrogen) atoms. The van der Waals surface area contributed by atoms with Crippen molar-refractivity contribution in [1.29, 1.82) is 0 Å². The van der Waals surface area contributed by atoms with Gasteiger partial charge in [0.25, 0.3) is 5.91 Å². The maximum atomic E-state index is 11.7. The van der Waals surface area contributed by atoms with Gasteiger partial charge >= 0.3 is 0 Å². The zero-order chi connectivity index (χ0) is 14.4. The van der Waals surface area contributed by atoms with Crippen LogP contribution in [0.25, 0.3) is 0 Å². The van der Waals surface area contributed by atoms with Crippen LogP contribution in [0, 0.1) is 0 Å². The standard InChI is InChI=1S/C11H18N2O3.C2H6/c1-4-5-10(6-12-8-14)11(15)13-9(2)7-16-3;1-2/h4-6,8-9H,7H2,1-3H3,(H,12,14)(H,13,15);1-2H3/b5-4-,10-6+;. The highest BCUT2D eigenvalue weighted by molar-refractivity contribution is 5.96. The zero-order valence-electron chi connectivity index (χ0n) is 11.8. The monoisotopic (exact) mass is 256 g/mol. The van der Waals surface area contributed by atoms with Crippen molar-refractivity contribution in [2.75, 3.05) is 13.7 Å². The van der Waals surface area contributed by atoms with Crippen molar-refractivity contribution in [2.24, 2.45) is 0 Å². The Morgan fingerprint density at radius 1 is 1.39 bits per heavy atom. The second-order valence-corrected chi connectivity index (χ2v) is 3.21. The number of carbonyl (C=O) groups excluding carboxylic acids is 2. The van der Waals surface area contributed by atoms with E-state index in [1.807, 2.05) is 20.8 Å². The second kappa shape index (κ2) is 13.4. The van der Waals surface area contributed by atoms with Crippen molar-refractivity contribution in [3.8, 4) is 0 Å². The Balaban J connectivity index is 0. The molecule has 2 N–H and O–H groups in total. The SMILES string of the molecule is C/C=C\C(=C/NC=O)C(=O)NC(C)COC.CC. The zero-order valence-corrected chi connectivity index (χ0v) is 11.8. The first kappa shape index (κ1) is 18.7. The third kappa shape index (κ3) is 9.59. The number of amides is 2. The second-order valence-electron chi connectivity index (χ2n) is 3.21. The molecule has 0 bridgehead atoms. The number of nitrogens with one attached hydrogen (secondary N) is 2. The fourth-order valence-corrected chi connectivity index (χ4v) is 1.09. The van der Waals surface area contributed by atoms with Crippen LogP contribution < -0.4 is 10.6 Å². The number of hydrogen-bond acceptors (Lipinski definition) is 3. The maximum Gasteiger partial charge on any atom is 0.253 e. The molecule has 0 radical (unpaired) electrons. The summed E-state index contributed by atoms with van der Waals surface area (Å²) in [6.45, 7) is 8.07. The molecule has 5 heteroatoms. The molecule has 0 aliphatic carbocycles. The molecular weight excluding hydrogens is 232 g/mol. The van der Waals surface area contributed by atoms with E-state index < -0.39 is 0 Å². The molecule has 0 aliphatic heterocycles. The average Bonchev–Trinajstić information content (AvgIpc) is 2.37. The van der Waals surface area contributed by atoms with Gasteiger partial charge in [-0.2, -0.15) is 0 Å². The smallest absolute Gasteiger partial charge is 0.253 e. The van der Waals surface area contributed by atoms with Crippen LogP contribution in [0.2, 0.25) is 0 Å². The first-order valence-electron chi connectivity index (χ1n) is 5.98. The number of methoxy groups -OCH3 is 1. The summed E-state index contributed by atoms with van der Waals surface area (Å²) in [6, 6.07) is -0.0811. The van der Waals surface area contributed by atoms with E-state index >= 15 is 0 Å². The molecule has 0 aromatic heterocycles. The van der Waals surface area contributed by atoms with E-state index in [1.54, 1.807) is 26.2 Å². The fraction of sp³-hybridized carbons (Fsp3) is 0.538. The van der Waals surface area contributed by atoms with E-state index in [-0.39, 0.29) is 11.9 Å². The van der Waals surface area contributed by atoms with Crippen LogP contribution >= 0.6 is 0 Å². The fourth-order valence-electron chi connectivity index (χ4n) is 1.09. The van der Waals surface area contributed by atoms with Crippen LogP contribution in [0.15, 0.2) is 23.9 Å². The molecule has 0 heterocycles. The lowest BCUT2D eigenvalue weighted by Gasteiger charge is -2.12. The predicted octanol–water partition coefficient (Wildman–Crippen LogP) is 1.37. The Bertz CT molecular complexity index is 286. The molecule has 0 saturated heterocycles. The van der Waals surface area contributed by atoms with E-state index in [2.05, 4.69) is 10.6 Å². The van der Waals surface area contributed by atoms with Gasteiger partial charge in [0.1, 0.15) is 0 Å². The highest BCUT2D eigenvalue weighted by Crippen LogP contribution is 1.97. The van der Waals surface area contributed by atoms with Crippen molar-refractivity contribution in [2.45, 2.75) is 33.7 Å². The summed E-state index contributed by atoms with van der Waals surface area (Å²) in [6.07, 6.45) is 5.20. The molecule has 0 aromatic rings. The van der Waals surface area contributed by atoms with Crippen LogP contribution in [0.1, 0.15) is 27.7 Å². The highest BCUT2D eigenvalue weighted by Gasteiger charge is 2.09. The minimum absolute atomic E-state index is 0.0811. The molecule has 1 unspecified atom stereocenters. The summed E-state index contributed by atoms with van der Waals surface area (Å²) in [4.78, 5) is 21.8. The van der Waals surface area contributed by atoms with Crippen molar-refractivity contribution >= 4 is 12.3 Å².